The second-order valence-corrected chi connectivity index (χ2v) is 10.3. The number of rotatable bonds is 4. The average molecular weight is 426 g/mol. The van der Waals surface area contributed by atoms with E-state index in [9.17, 15) is 4.79 Å². The third-order valence-corrected chi connectivity index (χ3v) is 7.28. The number of hydrogen-bond donors (Lipinski definition) is 0. The maximum atomic E-state index is 11.8. The van der Waals surface area contributed by atoms with Crippen molar-refractivity contribution in [2.45, 2.75) is 70.4 Å². The van der Waals surface area contributed by atoms with Crippen molar-refractivity contribution in [1.29, 1.82) is 0 Å². The van der Waals surface area contributed by atoms with Crippen molar-refractivity contribution in [1.82, 2.24) is 19.7 Å². The van der Waals surface area contributed by atoms with Crippen molar-refractivity contribution in [3.05, 3.63) is 17.5 Å². The van der Waals surface area contributed by atoms with E-state index in [1.54, 1.807) is 0 Å². The lowest BCUT2D eigenvalue weighted by atomic mass is 9.82. The van der Waals surface area contributed by atoms with Crippen molar-refractivity contribution >= 4 is 23.0 Å². The standard InChI is InChI=1S/C24H35N5O2/c1-24(2,3)29-23-21(22(26-29)17-5-4-6-17)20(15-18(16-30)25-23)28-9-7-19(8-10-28)27-11-13-31-14-12-27/h15-17,19H,4-14H2,1-3H3. The summed E-state index contributed by atoms with van der Waals surface area (Å²) < 4.78 is 7.58. The second-order valence-electron chi connectivity index (χ2n) is 10.3. The molecule has 2 saturated heterocycles. The summed E-state index contributed by atoms with van der Waals surface area (Å²) in [6.45, 7) is 12.3. The van der Waals surface area contributed by atoms with Gasteiger partial charge in [-0.15, -0.1) is 0 Å². The molecule has 0 atom stereocenters. The molecule has 31 heavy (non-hydrogen) atoms. The van der Waals surface area contributed by atoms with Crippen LogP contribution in [-0.4, -0.2) is 71.4 Å². The fraction of sp³-hybridized carbons (Fsp3) is 0.708. The zero-order valence-electron chi connectivity index (χ0n) is 19.1. The number of carbonyl (C=O) groups is 1. The fourth-order valence-electron chi connectivity index (χ4n) is 5.30. The van der Waals surface area contributed by atoms with Crippen LogP contribution in [0.1, 0.15) is 75.0 Å². The summed E-state index contributed by atoms with van der Waals surface area (Å²) in [5.41, 5.74) is 3.53. The summed E-state index contributed by atoms with van der Waals surface area (Å²) in [6, 6.07) is 2.63. The molecule has 0 spiro atoms. The van der Waals surface area contributed by atoms with Crippen LogP contribution in [0, 0.1) is 0 Å². The quantitative estimate of drug-likeness (QED) is 0.698. The van der Waals surface area contributed by atoms with E-state index in [1.807, 2.05) is 10.7 Å². The molecular weight excluding hydrogens is 390 g/mol. The Hall–Kier alpha value is -1.99. The summed E-state index contributed by atoms with van der Waals surface area (Å²) in [5.74, 6) is 0.514. The van der Waals surface area contributed by atoms with Crippen LogP contribution in [0.5, 0.6) is 0 Å². The Bertz CT molecular complexity index is 945. The molecule has 1 saturated carbocycles. The van der Waals surface area contributed by atoms with Crippen molar-refractivity contribution in [2.75, 3.05) is 44.3 Å². The first-order valence-corrected chi connectivity index (χ1v) is 11.9. The zero-order valence-corrected chi connectivity index (χ0v) is 19.1. The van der Waals surface area contributed by atoms with Gasteiger partial charge in [-0.2, -0.15) is 5.10 Å². The third-order valence-electron chi connectivity index (χ3n) is 7.28. The number of anilines is 1. The lowest BCUT2D eigenvalue weighted by Crippen LogP contribution is -2.49. The van der Waals surface area contributed by atoms with Crippen molar-refractivity contribution in [2.24, 2.45) is 0 Å². The Balaban J connectivity index is 1.52. The number of carbonyl (C=O) groups excluding carboxylic acids is 1. The summed E-state index contributed by atoms with van der Waals surface area (Å²) in [7, 11) is 0. The molecule has 0 N–H and O–H groups in total. The van der Waals surface area contributed by atoms with Crippen LogP contribution in [0.3, 0.4) is 0 Å². The van der Waals surface area contributed by atoms with Gasteiger partial charge in [0, 0.05) is 38.1 Å². The summed E-state index contributed by atoms with van der Waals surface area (Å²) in [5, 5.41) is 6.27. The molecular formula is C24H35N5O2. The highest BCUT2D eigenvalue weighted by Gasteiger charge is 2.33. The lowest BCUT2D eigenvalue weighted by molar-refractivity contribution is 0.0115. The second kappa shape index (κ2) is 8.17. The van der Waals surface area contributed by atoms with Crippen LogP contribution < -0.4 is 4.90 Å². The van der Waals surface area contributed by atoms with Gasteiger partial charge in [-0.05, 0) is 52.5 Å². The SMILES string of the molecule is CC(C)(C)n1nc(C2CCC2)c2c(N3CCC(N4CCOCC4)CC3)cc(C=O)nc21. The number of ether oxygens (including phenoxy) is 1. The van der Waals surface area contributed by atoms with Gasteiger partial charge < -0.3 is 9.64 Å². The lowest BCUT2D eigenvalue weighted by Gasteiger charge is -2.41. The molecule has 0 radical (unpaired) electrons. The van der Waals surface area contributed by atoms with E-state index in [0.717, 1.165) is 69.9 Å². The van der Waals surface area contributed by atoms with Gasteiger partial charge in [0.25, 0.3) is 0 Å². The monoisotopic (exact) mass is 425 g/mol. The summed E-state index contributed by atoms with van der Waals surface area (Å²) >= 11 is 0. The van der Waals surface area contributed by atoms with Gasteiger partial charge in [-0.3, -0.25) is 9.69 Å². The van der Waals surface area contributed by atoms with E-state index in [4.69, 9.17) is 14.8 Å². The highest BCUT2D eigenvalue weighted by atomic mass is 16.5. The summed E-state index contributed by atoms with van der Waals surface area (Å²) in [6.07, 6.45) is 6.84. The fourth-order valence-corrected chi connectivity index (χ4v) is 5.30. The van der Waals surface area contributed by atoms with E-state index in [1.165, 1.54) is 30.3 Å². The molecule has 2 aliphatic heterocycles. The van der Waals surface area contributed by atoms with Crippen LogP contribution in [0.4, 0.5) is 5.69 Å². The molecule has 3 aliphatic rings. The van der Waals surface area contributed by atoms with Gasteiger partial charge in [0.15, 0.2) is 11.9 Å². The highest BCUT2D eigenvalue weighted by Crippen LogP contribution is 2.43. The topological polar surface area (TPSA) is 63.5 Å². The number of aromatic nitrogens is 3. The number of fused-ring (bicyclic) bond motifs is 1. The maximum absolute atomic E-state index is 11.8. The Morgan fingerprint density at radius 1 is 1.06 bits per heavy atom. The molecule has 0 bridgehead atoms. The van der Waals surface area contributed by atoms with Gasteiger partial charge in [0.1, 0.15) is 5.69 Å². The number of aldehydes is 1. The van der Waals surface area contributed by atoms with Crippen LogP contribution in [0.15, 0.2) is 6.07 Å². The molecule has 168 valence electrons. The molecule has 7 heteroatoms. The molecule has 3 fully saturated rings. The Morgan fingerprint density at radius 2 is 1.77 bits per heavy atom. The van der Waals surface area contributed by atoms with E-state index in [-0.39, 0.29) is 5.54 Å². The summed E-state index contributed by atoms with van der Waals surface area (Å²) in [4.78, 5) is 21.6. The van der Waals surface area contributed by atoms with Crippen LogP contribution in [0.2, 0.25) is 0 Å². The Kier molecular flexibility index (Phi) is 5.51. The molecule has 7 nitrogen and oxygen atoms in total. The average Bonchev–Trinajstić information content (AvgIpc) is 3.12. The minimum Gasteiger partial charge on any atom is -0.379 e. The molecule has 5 rings (SSSR count). The molecule has 0 amide bonds. The van der Waals surface area contributed by atoms with Gasteiger partial charge in [-0.1, -0.05) is 6.42 Å². The molecule has 0 aromatic carbocycles. The highest BCUT2D eigenvalue weighted by molar-refractivity contribution is 5.96. The molecule has 0 unspecified atom stereocenters. The van der Waals surface area contributed by atoms with E-state index in [2.05, 4.69) is 30.6 Å². The number of morpholine rings is 1. The Morgan fingerprint density at radius 3 is 2.35 bits per heavy atom. The maximum Gasteiger partial charge on any atom is 0.168 e. The van der Waals surface area contributed by atoms with E-state index in [0.29, 0.717) is 17.7 Å². The van der Waals surface area contributed by atoms with Gasteiger partial charge in [0.2, 0.25) is 0 Å². The minimum absolute atomic E-state index is 0.185. The van der Waals surface area contributed by atoms with Crippen molar-refractivity contribution in [3.8, 4) is 0 Å². The predicted molar refractivity (Wildman–Crippen MR) is 122 cm³/mol. The van der Waals surface area contributed by atoms with Gasteiger partial charge in [0.05, 0.1) is 35.5 Å². The van der Waals surface area contributed by atoms with Crippen LogP contribution in [0.25, 0.3) is 11.0 Å². The normalized spacial score (nSPS) is 22.1. The first-order chi connectivity index (χ1) is 15.0. The van der Waals surface area contributed by atoms with Crippen LogP contribution >= 0.6 is 0 Å². The number of hydrogen-bond acceptors (Lipinski definition) is 6. The predicted octanol–water partition coefficient (Wildman–Crippen LogP) is 3.57. The molecule has 1 aliphatic carbocycles. The zero-order chi connectivity index (χ0) is 21.6. The van der Waals surface area contributed by atoms with Crippen molar-refractivity contribution < 1.29 is 9.53 Å². The van der Waals surface area contributed by atoms with Crippen LogP contribution in [-0.2, 0) is 10.3 Å². The van der Waals surface area contributed by atoms with E-state index >= 15 is 0 Å². The first kappa shape index (κ1) is 20.9. The smallest absolute Gasteiger partial charge is 0.168 e. The largest absolute Gasteiger partial charge is 0.379 e. The molecule has 2 aromatic rings. The molecule has 2 aromatic heterocycles. The number of pyridine rings is 1. The Labute approximate surface area is 184 Å². The number of piperidine rings is 1. The number of nitrogens with zero attached hydrogens (tertiary/aromatic N) is 5. The first-order valence-electron chi connectivity index (χ1n) is 11.9. The van der Waals surface area contributed by atoms with Gasteiger partial charge in [-0.25, -0.2) is 9.67 Å². The van der Waals surface area contributed by atoms with Crippen molar-refractivity contribution in [3.63, 3.8) is 0 Å². The minimum atomic E-state index is -0.185. The molecule has 4 heterocycles. The van der Waals surface area contributed by atoms with E-state index < -0.39 is 0 Å². The third kappa shape index (κ3) is 3.87. The van der Waals surface area contributed by atoms with Gasteiger partial charge >= 0.3 is 0 Å².